The van der Waals surface area contributed by atoms with Crippen LogP contribution in [0.1, 0.15) is 11.8 Å². The standard InChI is InChI=1S/C8H9BO2S/c1-2-11-8(10)5-6-3-4-7(9)12-6/h3-4H,2,5H2,1H3. The summed E-state index contributed by atoms with van der Waals surface area (Å²) in [5.74, 6) is -0.195. The maximum absolute atomic E-state index is 11.0. The number of hydrogen-bond donors (Lipinski definition) is 0. The Morgan fingerprint density at radius 2 is 2.42 bits per heavy atom. The molecule has 1 aromatic rings. The fourth-order valence-electron chi connectivity index (χ4n) is 0.844. The van der Waals surface area contributed by atoms with Crippen molar-refractivity contribution in [3.8, 4) is 0 Å². The van der Waals surface area contributed by atoms with Crippen LogP contribution in [0.15, 0.2) is 12.1 Å². The maximum Gasteiger partial charge on any atom is 0.311 e. The molecule has 0 fully saturated rings. The fourth-order valence-corrected chi connectivity index (χ4v) is 1.61. The van der Waals surface area contributed by atoms with Crippen LogP contribution in [0.5, 0.6) is 0 Å². The molecule has 0 amide bonds. The van der Waals surface area contributed by atoms with Crippen molar-refractivity contribution in [3.05, 3.63) is 17.0 Å². The minimum Gasteiger partial charge on any atom is -0.466 e. The predicted octanol–water partition coefficient (Wildman–Crippen LogP) is 0.647. The third kappa shape index (κ3) is 2.70. The normalized spacial score (nSPS) is 9.75. The van der Waals surface area contributed by atoms with Crippen molar-refractivity contribution in [1.82, 2.24) is 0 Å². The van der Waals surface area contributed by atoms with Gasteiger partial charge in [0, 0.05) is 4.88 Å². The lowest BCUT2D eigenvalue weighted by Gasteiger charge is -1.98. The average Bonchev–Trinajstić information content (AvgIpc) is 2.36. The first-order chi connectivity index (χ1) is 5.72. The van der Waals surface area contributed by atoms with Crippen molar-refractivity contribution < 1.29 is 9.53 Å². The number of hydrogen-bond acceptors (Lipinski definition) is 3. The van der Waals surface area contributed by atoms with E-state index in [1.165, 1.54) is 11.3 Å². The smallest absolute Gasteiger partial charge is 0.311 e. The minimum atomic E-state index is -0.195. The lowest BCUT2D eigenvalue weighted by molar-refractivity contribution is -0.142. The van der Waals surface area contributed by atoms with E-state index in [0.29, 0.717) is 13.0 Å². The molecule has 62 valence electrons. The molecule has 2 radical (unpaired) electrons. The highest BCUT2D eigenvalue weighted by Crippen LogP contribution is 2.06. The zero-order valence-corrected chi connectivity index (χ0v) is 7.69. The van der Waals surface area contributed by atoms with E-state index >= 15 is 0 Å². The average molecular weight is 180 g/mol. The summed E-state index contributed by atoms with van der Waals surface area (Å²) >= 11 is 1.42. The van der Waals surface area contributed by atoms with Gasteiger partial charge in [0.15, 0.2) is 0 Å². The number of esters is 1. The summed E-state index contributed by atoms with van der Waals surface area (Å²) < 4.78 is 5.51. The summed E-state index contributed by atoms with van der Waals surface area (Å²) in [6.07, 6.45) is 0.329. The Kier molecular flexibility index (Phi) is 3.35. The van der Waals surface area contributed by atoms with Crippen LogP contribution in [0, 0.1) is 0 Å². The SMILES string of the molecule is [B]c1ccc(CC(=O)OCC)s1. The van der Waals surface area contributed by atoms with Crippen LogP contribution in [0.25, 0.3) is 0 Å². The first-order valence-corrected chi connectivity index (χ1v) is 4.54. The third-order valence-electron chi connectivity index (χ3n) is 1.31. The molecule has 0 aromatic carbocycles. The van der Waals surface area contributed by atoms with E-state index in [4.69, 9.17) is 12.6 Å². The summed E-state index contributed by atoms with van der Waals surface area (Å²) in [4.78, 5) is 11.9. The molecular formula is C8H9BO2S. The lowest BCUT2D eigenvalue weighted by atomic mass is 10.1. The largest absolute Gasteiger partial charge is 0.466 e. The molecule has 0 aliphatic carbocycles. The number of rotatable bonds is 3. The predicted molar refractivity (Wildman–Crippen MR) is 50.0 cm³/mol. The summed E-state index contributed by atoms with van der Waals surface area (Å²) in [5, 5.41) is 0. The topological polar surface area (TPSA) is 26.3 Å². The summed E-state index contributed by atoms with van der Waals surface area (Å²) in [5.41, 5.74) is 0. The molecule has 1 aromatic heterocycles. The Bertz CT molecular complexity index is 270. The molecule has 1 rings (SSSR count). The second-order valence-electron chi connectivity index (χ2n) is 2.29. The lowest BCUT2D eigenvalue weighted by Crippen LogP contribution is -2.06. The Morgan fingerprint density at radius 1 is 1.67 bits per heavy atom. The second-order valence-corrected chi connectivity index (χ2v) is 3.49. The van der Waals surface area contributed by atoms with E-state index in [0.717, 1.165) is 9.65 Å². The Morgan fingerprint density at radius 3 is 2.92 bits per heavy atom. The molecule has 0 unspecified atom stereocenters. The number of thiophene rings is 1. The highest BCUT2D eigenvalue weighted by atomic mass is 32.1. The minimum absolute atomic E-state index is 0.195. The molecule has 0 saturated heterocycles. The highest BCUT2D eigenvalue weighted by Gasteiger charge is 2.04. The van der Waals surface area contributed by atoms with Crippen molar-refractivity contribution >= 4 is 29.9 Å². The van der Waals surface area contributed by atoms with E-state index in [1.54, 1.807) is 13.0 Å². The highest BCUT2D eigenvalue weighted by molar-refractivity contribution is 7.20. The van der Waals surface area contributed by atoms with Crippen LogP contribution in [-0.4, -0.2) is 20.4 Å². The van der Waals surface area contributed by atoms with Gasteiger partial charge in [0.2, 0.25) is 0 Å². The van der Waals surface area contributed by atoms with Crippen LogP contribution < -0.4 is 4.78 Å². The van der Waals surface area contributed by atoms with Gasteiger partial charge in [0.05, 0.1) is 13.0 Å². The van der Waals surface area contributed by atoms with Crippen molar-refractivity contribution in [2.45, 2.75) is 13.3 Å². The van der Waals surface area contributed by atoms with Gasteiger partial charge in [-0.1, -0.05) is 6.07 Å². The van der Waals surface area contributed by atoms with Crippen LogP contribution in [0.4, 0.5) is 0 Å². The molecule has 12 heavy (non-hydrogen) atoms. The van der Waals surface area contributed by atoms with Gasteiger partial charge in [0.25, 0.3) is 0 Å². The van der Waals surface area contributed by atoms with Gasteiger partial charge in [-0.25, -0.2) is 0 Å². The molecule has 0 bridgehead atoms. The number of carbonyl (C=O) groups excluding carboxylic acids is 1. The Hall–Kier alpha value is -0.765. The zero-order valence-electron chi connectivity index (χ0n) is 6.87. The van der Waals surface area contributed by atoms with E-state index in [1.807, 2.05) is 6.07 Å². The van der Waals surface area contributed by atoms with Crippen molar-refractivity contribution in [2.75, 3.05) is 6.61 Å². The fraction of sp³-hybridized carbons (Fsp3) is 0.375. The van der Waals surface area contributed by atoms with Crippen molar-refractivity contribution in [1.29, 1.82) is 0 Å². The van der Waals surface area contributed by atoms with Gasteiger partial charge in [-0.2, -0.15) is 11.3 Å². The van der Waals surface area contributed by atoms with Gasteiger partial charge in [0.1, 0.15) is 7.85 Å². The monoisotopic (exact) mass is 180 g/mol. The first kappa shape index (κ1) is 9.32. The quantitative estimate of drug-likeness (QED) is 0.504. The van der Waals surface area contributed by atoms with Crippen LogP contribution in [-0.2, 0) is 16.0 Å². The first-order valence-electron chi connectivity index (χ1n) is 3.72. The molecule has 0 atom stereocenters. The van der Waals surface area contributed by atoms with Crippen LogP contribution in [0.2, 0.25) is 0 Å². The molecule has 4 heteroatoms. The van der Waals surface area contributed by atoms with Crippen LogP contribution >= 0.6 is 11.3 Å². The van der Waals surface area contributed by atoms with Gasteiger partial charge in [-0.05, 0) is 17.8 Å². The molecule has 0 aliphatic rings. The van der Waals surface area contributed by atoms with Gasteiger partial charge < -0.3 is 4.74 Å². The maximum atomic E-state index is 11.0. The molecular weight excluding hydrogens is 171 g/mol. The van der Waals surface area contributed by atoms with Crippen molar-refractivity contribution in [2.24, 2.45) is 0 Å². The summed E-state index contributed by atoms with van der Waals surface area (Å²) in [7, 11) is 5.49. The molecule has 0 spiro atoms. The van der Waals surface area contributed by atoms with Gasteiger partial charge in [-0.3, -0.25) is 4.79 Å². The molecule has 2 nitrogen and oxygen atoms in total. The number of carbonyl (C=O) groups is 1. The zero-order chi connectivity index (χ0) is 8.97. The van der Waals surface area contributed by atoms with E-state index in [9.17, 15) is 4.79 Å². The molecule has 1 heterocycles. The summed E-state index contributed by atoms with van der Waals surface area (Å²) in [6, 6.07) is 3.64. The van der Waals surface area contributed by atoms with E-state index < -0.39 is 0 Å². The second kappa shape index (κ2) is 4.31. The Balaban J connectivity index is 2.46. The molecule has 0 N–H and O–H groups in total. The van der Waals surface area contributed by atoms with Crippen LogP contribution in [0.3, 0.4) is 0 Å². The molecule has 0 aliphatic heterocycles. The number of ether oxygens (including phenoxy) is 1. The third-order valence-corrected chi connectivity index (χ3v) is 2.22. The van der Waals surface area contributed by atoms with E-state index in [2.05, 4.69) is 0 Å². The van der Waals surface area contributed by atoms with E-state index in [-0.39, 0.29) is 5.97 Å². The van der Waals surface area contributed by atoms with Gasteiger partial charge in [-0.15, -0.1) is 0 Å². The van der Waals surface area contributed by atoms with Gasteiger partial charge >= 0.3 is 5.97 Å². The summed E-state index contributed by atoms with van der Waals surface area (Å²) in [6.45, 7) is 2.22. The Labute approximate surface area is 77.0 Å². The van der Waals surface area contributed by atoms with Crippen molar-refractivity contribution in [3.63, 3.8) is 0 Å². The molecule has 0 saturated carbocycles.